The maximum absolute atomic E-state index is 6.10. The van der Waals surface area contributed by atoms with Crippen molar-refractivity contribution < 1.29 is 9.47 Å². The molecule has 0 atom stereocenters. The first kappa shape index (κ1) is 21.9. The van der Waals surface area contributed by atoms with Gasteiger partial charge >= 0.3 is 0 Å². The Kier molecular flexibility index (Phi) is 6.22. The molecule has 0 N–H and O–H groups in total. The molecule has 4 nitrogen and oxygen atoms in total. The third-order valence-electron chi connectivity index (χ3n) is 5.60. The van der Waals surface area contributed by atoms with Gasteiger partial charge < -0.3 is 14.0 Å². The van der Waals surface area contributed by atoms with E-state index < -0.39 is 0 Å². The van der Waals surface area contributed by atoms with E-state index in [0.717, 1.165) is 28.4 Å². The highest BCUT2D eigenvalue weighted by molar-refractivity contribution is 5.75. The van der Waals surface area contributed by atoms with Crippen LogP contribution in [0, 0.1) is 13.8 Å². The summed E-state index contributed by atoms with van der Waals surface area (Å²) in [5.41, 5.74) is 5.90. The first-order valence-corrected chi connectivity index (χ1v) is 11.2. The normalized spacial score (nSPS) is 11.7. The standard InChI is InChI=1S/C28H32N2O2/c1-20-16-21(2)18-24(17-20)31-15-14-30-26-9-7-6-8-25(26)29-27(30)19-32-23-12-10-22(11-13-23)28(3,4)5/h6-13,16-18H,14-15,19H2,1-5H3. The van der Waals surface area contributed by atoms with Crippen molar-refractivity contribution in [3.05, 3.63) is 89.2 Å². The summed E-state index contributed by atoms with van der Waals surface area (Å²) in [7, 11) is 0. The van der Waals surface area contributed by atoms with E-state index in [2.05, 4.69) is 75.6 Å². The molecule has 1 heterocycles. The largest absolute Gasteiger partial charge is 0.492 e. The fraction of sp³-hybridized carbons (Fsp3) is 0.321. The van der Waals surface area contributed by atoms with Crippen molar-refractivity contribution in [2.45, 2.75) is 53.2 Å². The lowest BCUT2D eigenvalue weighted by atomic mass is 9.87. The SMILES string of the molecule is Cc1cc(C)cc(OCCn2c(COc3ccc(C(C)(C)C)cc3)nc3ccccc32)c1. The minimum Gasteiger partial charge on any atom is -0.492 e. The number of para-hydroxylation sites is 2. The molecule has 0 saturated heterocycles. The van der Waals surface area contributed by atoms with E-state index in [1.54, 1.807) is 0 Å². The van der Waals surface area contributed by atoms with Crippen LogP contribution in [-0.2, 0) is 18.6 Å². The number of aromatic nitrogens is 2. The second-order valence-corrected chi connectivity index (χ2v) is 9.40. The Balaban J connectivity index is 1.48. The Morgan fingerprint density at radius 2 is 1.50 bits per heavy atom. The van der Waals surface area contributed by atoms with Crippen molar-refractivity contribution in [3.63, 3.8) is 0 Å². The number of benzene rings is 3. The van der Waals surface area contributed by atoms with Crippen LogP contribution >= 0.6 is 0 Å². The van der Waals surface area contributed by atoms with E-state index in [1.165, 1.54) is 16.7 Å². The van der Waals surface area contributed by atoms with Gasteiger partial charge in [-0.25, -0.2) is 4.98 Å². The third-order valence-corrected chi connectivity index (χ3v) is 5.60. The van der Waals surface area contributed by atoms with Crippen molar-refractivity contribution in [2.75, 3.05) is 6.61 Å². The summed E-state index contributed by atoms with van der Waals surface area (Å²) in [4.78, 5) is 4.82. The molecule has 0 saturated carbocycles. The van der Waals surface area contributed by atoms with E-state index in [4.69, 9.17) is 14.5 Å². The quantitative estimate of drug-likeness (QED) is 0.332. The fourth-order valence-electron chi connectivity index (χ4n) is 3.96. The molecule has 0 aliphatic carbocycles. The number of nitrogens with zero attached hydrogens (tertiary/aromatic N) is 2. The lowest BCUT2D eigenvalue weighted by Gasteiger charge is -2.19. The van der Waals surface area contributed by atoms with Crippen LogP contribution in [0.25, 0.3) is 11.0 Å². The van der Waals surface area contributed by atoms with Crippen LogP contribution in [0.2, 0.25) is 0 Å². The number of fused-ring (bicyclic) bond motifs is 1. The molecule has 0 unspecified atom stereocenters. The maximum atomic E-state index is 6.10. The molecule has 4 rings (SSSR count). The summed E-state index contributed by atoms with van der Waals surface area (Å²) in [6.45, 7) is 12.5. The zero-order valence-electron chi connectivity index (χ0n) is 19.7. The summed E-state index contributed by atoms with van der Waals surface area (Å²) in [5, 5.41) is 0. The van der Waals surface area contributed by atoms with Crippen LogP contribution in [0.4, 0.5) is 0 Å². The van der Waals surface area contributed by atoms with Crippen LogP contribution in [-0.4, -0.2) is 16.2 Å². The van der Waals surface area contributed by atoms with Gasteiger partial charge in [-0.1, -0.05) is 51.1 Å². The molecule has 32 heavy (non-hydrogen) atoms. The maximum Gasteiger partial charge on any atom is 0.148 e. The second kappa shape index (κ2) is 9.07. The van der Waals surface area contributed by atoms with Crippen LogP contribution in [0.15, 0.2) is 66.7 Å². The number of imidazole rings is 1. The molecule has 3 aromatic carbocycles. The highest BCUT2D eigenvalue weighted by Crippen LogP contribution is 2.25. The molecule has 0 spiro atoms. The fourth-order valence-corrected chi connectivity index (χ4v) is 3.96. The van der Waals surface area contributed by atoms with Gasteiger partial charge in [-0.05, 0) is 72.4 Å². The number of hydrogen-bond acceptors (Lipinski definition) is 3. The number of hydrogen-bond donors (Lipinski definition) is 0. The van der Waals surface area contributed by atoms with Crippen LogP contribution in [0.1, 0.15) is 43.3 Å². The van der Waals surface area contributed by atoms with E-state index in [0.29, 0.717) is 19.8 Å². The van der Waals surface area contributed by atoms with Crippen molar-refractivity contribution in [2.24, 2.45) is 0 Å². The third kappa shape index (κ3) is 5.13. The molecule has 166 valence electrons. The Labute approximate surface area is 190 Å². The predicted molar refractivity (Wildman–Crippen MR) is 131 cm³/mol. The molecule has 0 fully saturated rings. The lowest BCUT2D eigenvalue weighted by Crippen LogP contribution is -2.13. The highest BCUT2D eigenvalue weighted by Gasteiger charge is 2.14. The Morgan fingerprint density at radius 3 is 2.19 bits per heavy atom. The topological polar surface area (TPSA) is 36.3 Å². The van der Waals surface area contributed by atoms with Crippen molar-refractivity contribution in [3.8, 4) is 11.5 Å². The minimum atomic E-state index is 0.127. The molecule has 0 radical (unpaired) electrons. The molecule has 0 aliphatic heterocycles. The molecular weight excluding hydrogens is 396 g/mol. The van der Waals surface area contributed by atoms with Gasteiger partial charge in [0.1, 0.15) is 30.5 Å². The summed E-state index contributed by atoms with van der Waals surface area (Å²) < 4.78 is 14.4. The smallest absolute Gasteiger partial charge is 0.148 e. The highest BCUT2D eigenvalue weighted by atomic mass is 16.5. The summed E-state index contributed by atoms with van der Waals surface area (Å²) >= 11 is 0. The van der Waals surface area contributed by atoms with E-state index in [9.17, 15) is 0 Å². The first-order chi connectivity index (χ1) is 15.3. The molecule has 4 aromatic rings. The second-order valence-electron chi connectivity index (χ2n) is 9.40. The summed E-state index contributed by atoms with van der Waals surface area (Å²) in [5.74, 6) is 2.65. The number of ether oxygens (including phenoxy) is 2. The molecule has 4 heteroatoms. The first-order valence-electron chi connectivity index (χ1n) is 11.2. The van der Waals surface area contributed by atoms with Crippen LogP contribution in [0.5, 0.6) is 11.5 Å². The van der Waals surface area contributed by atoms with Gasteiger partial charge in [-0.3, -0.25) is 0 Å². The molecular formula is C28H32N2O2. The van der Waals surface area contributed by atoms with Gasteiger partial charge in [0, 0.05) is 0 Å². The molecule has 0 bridgehead atoms. The van der Waals surface area contributed by atoms with E-state index in [1.807, 2.05) is 30.3 Å². The number of aryl methyl sites for hydroxylation is 2. The molecule has 0 amide bonds. The van der Waals surface area contributed by atoms with Gasteiger partial charge in [0.2, 0.25) is 0 Å². The van der Waals surface area contributed by atoms with E-state index >= 15 is 0 Å². The predicted octanol–water partition coefficient (Wildman–Crippen LogP) is 6.61. The van der Waals surface area contributed by atoms with Gasteiger partial charge in [-0.2, -0.15) is 0 Å². The average Bonchev–Trinajstić information content (AvgIpc) is 3.09. The van der Waals surface area contributed by atoms with Crippen molar-refractivity contribution in [1.82, 2.24) is 9.55 Å². The Bertz CT molecular complexity index is 1180. The van der Waals surface area contributed by atoms with Crippen LogP contribution < -0.4 is 9.47 Å². The minimum absolute atomic E-state index is 0.127. The lowest BCUT2D eigenvalue weighted by molar-refractivity contribution is 0.272. The van der Waals surface area contributed by atoms with E-state index in [-0.39, 0.29) is 5.41 Å². The Morgan fingerprint density at radius 1 is 0.812 bits per heavy atom. The summed E-state index contributed by atoms with van der Waals surface area (Å²) in [6, 6.07) is 22.8. The zero-order chi connectivity index (χ0) is 22.7. The number of rotatable bonds is 7. The van der Waals surface area contributed by atoms with Gasteiger partial charge in [0.05, 0.1) is 17.6 Å². The summed E-state index contributed by atoms with van der Waals surface area (Å²) in [6.07, 6.45) is 0. The van der Waals surface area contributed by atoms with Crippen molar-refractivity contribution >= 4 is 11.0 Å². The molecule has 1 aromatic heterocycles. The van der Waals surface area contributed by atoms with Gasteiger partial charge in [-0.15, -0.1) is 0 Å². The molecule has 0 aliphatic rings. The van der Waals surface area contributed by atoms with Gasteiger partial charge in [0.25, 0.3) is 0 Å². The average molecular weight is 429 g/mol. The Hall–Kier alpha value is -3.27. The van der Waals surface area contributed by atoms with Gasteiger partial charge in [0.15, 0.2) is 0 Å². The zero-order valence-corrected chi connectivity index (χ0v) is 19.7. The monoisotopic (exact) mass is 428 g/mol. The van der Waals surface area contributed by atoms with Crippen LogP contribution in [0.3, 0.4) is 0 Å². The van der Waals surface area contributed by atoms with Crippen molar-refractivity contribution in [1.29, 1.82) is 0 Å².